The Labute approximate surface area is 336 Å². The number of fused-ring (bicyclic) bond motifs is 5. The second kappa shape index (κ2) is 14.1. The largest absolute Gasteiger partial charge is 0.208 e. The summed E-state index contributed by atoms with van der Waals surface area (Å²) in [6.45, 7) is 0. The van der Waals surface area contributed by atoms with Crippen LogP contribution in [0.3, 0.4) is 0 Å². The quantitative estimate of drug-likeness (QED) is 0.160. The second-order valence-electron chi connectivity index (χ2n) is 14.8. The zero-order chi connectivity index (χ0) is 38.4. The highest BCUT2D eigenvalue weighted by Gasteiger charge is 2.17. The van der Waals surface area contributed by atoms with Crippen molar-refractivity contribution in [3.05, 3.63) is 212 Å². The molecule has 0 amide bonds. The van der Waals surface area contributed by atoms with Gasteiger partial charge in [0.2, 0.25) is 0 Å². The van der Waals surface area contributed by atoms with E-state index in [1.165, 1.54) is 49.4 Å². The lowest BCUT2D eigenvalue weighted by Gasteiger charge is -2.14. The molecule has 0 aliphatic heterocycles. The molecule has 0 fully saturated rings. The van der Waals surface area contributed by atoms with Gasteiger partial charge in [0.25, 0.3) is 0 Å². The van der Waals surface area contributed by atoms with Crippen molar-refractivity contribution in [1.29, 1.82) is 0 Å². The highest BCUT2D eigenvalue weighted by Crippen LogP contribution is 2.38. The maximum Gasteiger partial charge on any atom is 0.164 e. The SMILES string of the molecule is c1ccc(-c2ccc(-c3nc(-c4ccc5cc(-c6cc7ccccc7c7ccccc67)ccc5c4)nc(-c4ccc(-c5ccccc5)c5ccccc45)n3)cc2)cc1. The zero-order valence-corrected chi connectivity index (χ0v) is 31.5. The molecule has 0 unspecified atom stereocenters. The van der Waals surface area contributed by atoms with E-state index >= 15 is 0 Å². The normalized spacial score (nSPS) is 11.4. The molecule has 1 aromatic heterocycles. The predicted octanol–water partition coefficient (Wildman–Crippen LogP) is 14.5. The molecule has 0 N–H and O–H groups in total. The van der Waals surface area contributed by atoms with Crippen molar-refractivity contribution in [1.82, 2.24) is 15.0 Å². The van der Waals surface area contributed by atoms with E-state index in [9.17, 15) is 0 Å². The lowest BCUT2D eigenvalue weighted by molar-refractivity contribution is 1.08. The molecule has 0 radical (unpaired) electrons. The smallest absolute Gasteiger partial charge is 0.164 e. The van der Waals surface area contributed by atoms with Crippen LogP contribution in [0.25, 0.3) is 111 Å². The van der Waals surface area contributed by atoms with Gasteiger partial charge < -0.3 is 0 Å². The Balaban J connectivity index is 1.05. The molecule has 3 nitrogen and oxygen atoms in total. The number of hydrogen-bond donors (Lipinski definition) is 0. The van der Waals surface area contributed by atoms with Crippen molar-refractivity contribution in [2.45, 2.75) is 0 Å². The standard InChI is InChI=1S/C55H35N3/c1-3-13-36(14-4-1)37-23-25-39(26-24-37)53-56-54(58-55(57-53)51-32-31-46(38-15-5-2-6-16-38)48-20-9-11-21-49(48)51)44-30-28-40-33-43(29-27-41(40)34-44)52-35-42-17-7-8-18-45(42)47-19-10-12-22-50(47)52/h1-35H. The Morgan fingerprint density at radius 1 is 0.207 bits per heavy atom. The molecule has 0 aliphatic rings. The molecule has 0 spiro atoms. The first-order valence-electron chi connectivity index (χ1n) is 19.7. The Morgan fingerprint density at radius 2 is 0.655 bits per heavy atom. The van der Waals surface area contributed by atoms with Crippen LogP contribution >= 0.6 is 0 Å². The summed E-state index contributed by atoms with van der Waals surface area (Å²) in [6, 6.07) is 75.3. The van der Waals surface area contributed by atoms with Gasteiger partial charge in [-0.05, 0) is 101 Å². The van der Waals surface area contributed by atoms with E-state index in [0.29, 0.717) is 17.5 Å². The summed E-state index contributed by atoms with van der Waals surface area (Å²) >= 11 is 0. The topological polar surface area (TPSA) is 38.7 Å². The molecule has 1 heterocycles. The van der Waals surface area contributed by atoms with E-state index in [4.69, 9.17) is 15.0 Å². The molecule has 0 aliphatic carbocycles. The molecule has 58 heavy (non-hydrogen) atoms. The Kier molecular flexibility index (Phi) is 8.15. The van der Waals surface area contributed by atoms with Crippen LogP contribution in [0.2, 0.25) is 0 Å². The van der Waals surface area contributed by atoms with Crippen LogP contribution in [0.1, 0.15) is 0 Å². The number of hydrogen-bond acceptors (Lipinski definition) is 3. The average Bonchev–Trinajstić information content (AvgIpc) is 3.31. The summed E-state index contributed by atoms with van der Waals surface area (Å²) < 4.78 is 0. The van der Waals surface area contributed by atoms with Crippen LogP contribution in [-0.4, -0.2) is 15.0 Å². The van der Waals surface area contributed by atoms with Gasteiger partial charge in [-0.1, -0.05) is 188 Å². The number of rotatable bonds is 6. The Bertz CT molecular complexity index is 3320. The molecular weight excluding hydrogens is 703 g/mol. The van der Waals surface area contributed by atoms with E-state index in [2.05, 4.69) is 206 Å². The van der Waals surface area contributed by atoms with Gasteiger partial charge in [-0.25, -0.2) is 15.0 Å². The maximum absolute atomic E-state index is 5.23. The van der Waals surface area contributed by atoms with Gasteiger partial charge >= 0.3 is 0 Å². The van der Waals surface area contributed by atoms with E-state index in [1.807, 2.05) is 6.07 Å². The monoisotopic (exact) mass is 737 g/mol. The van der Waals surface area contributed by atoms with E-state index in [-0.39, 0.29) is 0 Å². The van der Waals surface area contributed by atoms with E-state index in [1.54, 1.807) is 0 Å². The van der Waals surface area contributed by atoms with Gasteiger partial charge in [0, 0.05) is 16.7 Å². The number of nitrogens with zero attached hydrogens (tertiary/aromatic N) is 3. The highest BCUT2D eigenvalue weighted by atomic mass is 15.0. The third kappa shape index (κ3) is 5.98. The maximum atomic E-state index is 5.23. The van der Waals surface area contributed by atoms with Gasteiger partial charge in [0.1, 0.15) is 0 Å². The van der Waals surface area contributed by atoms with Gasteiger partial charge in [-0.3, -0.25) is 0 Å². The van der Waals surface area contributed by atoms with Crippen molar-refractivity contribution in [2.24, 2.45) is 0 Å². The molecule has 10 aromatic carbocycles. The van der Waals surface area contributed by atoms with E-state index in [0.717, 1.165) is 43.8 Å². The number of aromatic nitrogens is 3. The minimum atomic E-state index is 0.634. The minimum absolute atomic E-state index is 0.634. The molecule has 0 saturated heterocycles. The Morgan fingerprint density at radius 3 is 1.36 bits per heavy atom. The molecule has 0 atom stereocenters. The van der Waals surface area contributed by atoms with Gasteiger partial charge in [-0.2, -0.15) is 0 Å². The summed E-state index contributed by atoms with van der Waals surface area (Å²) in [4.78, 5) is 15.6. The van der Waals surface area contributed by atoms with Crippen LogP contribution < -0.4 is 0 Å². The van der Waals surface area contributed by atoms with Crippen LogP contribution in [0.4, 0.5) is 0 Å². The third-order valence-corrected chi connectivity index (χ3v) is 11.3. The number of benzene rings is 10. The van der Waals surface area contributed by atoms with Crippen LogP contribution in [0, 0.1) is 0 Å². The molecule has 0 saturated carbocycles. The first-order chi connectivity index (χ1) is 28.7. The van der Waals surface area contributed by atoms with Gasteiger partial charge in [0.05, 0.1) is 0 Å². The van der Waals surface area contributed by atoms with Crippen molar-refractivity contribution in [2.75, 3.05) is 0 Å². The summed E-state index contributed by atoms with van der Waals surface area (Å²) in [5.74, 6) is 1.91. The van der Waals surface area contributed by atoms with Gasteiger partial charge in [0.15, 0.2) is 17.5 Å². The van der Waals surface area contributed by atoms with E-state index < -0.39 is 0 Å². The molecule has 270 valence electrons. The summed E-state index contributed by atoms with van der Waals surface area (Å²) in [5, 5.41) is 9.57. The van der Waals surface area contributed by atoms with Crippen LogP contribution in [0.15, 0.2) is 212 Å². The second-order valence-corrected chi connectivity index (χ2v) is 14.8. The van der Waals surface area contributed by atoms with Crippen LogP contribution in [-0.2, 0) is 0 Å². The fourth-order valence-corrected chi connectivity index (χ4v) is 8.41. The average molecular weight is 738 g/mol. The van der Waals surface area contributed by atoms with Crippen molar-refractivity contribution in [3.63, 3.8) is 0 Å². The predicted molar refractivity (Wildman–Crippen MR) is 242 cm³/mol. The molecule has 11 aromatic rings. The molecule has 11 rings (SSSR count). The highest BCUT2D eigenvalue weighted by molar-refractivity contribution is 6.14. The fourth-order valence-electron chi connectivity index (χ4n) is 8.41. The first-order valence-corrected chi connectivity index (χ1v) is 19.7. The van der Waals surface area contributed by atoms with Crippen LogP contribution in [0.5, 0.6) is 0 Å². The summed E-state index contributed by atoms with van der Waals surface area (Å²) in [7, 11) is 0. The van der Waals surface area contributed by atoms with Crippen molar-refractivity contribution >= 4 is 43.1 Å². The van der Waals surface area contributed by atoms with Crippen molar-refractivity contribution in [3.8, 4) is 67.5 Å². The van der Waals surface area contributed by atoms with Crippen molar-refractivity contribution < 1.29 is 0 Å². The summed E-state index contributed by atoms with van der Waals surface area (Å²) in [6.07, 6.45) is 0. The zero-order valence-electron chi connectivity index (χ0n) is 31.5. The lowest BCUT2D eigenvalue weighted by Crippen LogP contribution is -2.01. The molecule has 0 bridgehead atoms. The minimum Gasteiger partial charge on any atom is -0.208 e. The Hall–Kier alpha value is -7.75. The first kappa shape index (κ1) is 33.6. The fraction of sp³-hybridized carbons (Fsp3) is 0. The third-order valence-electron chi connectivity index (χ3n) is 11.3. The molecular formula is C55H35N3. The summed E-state index contributed by atoms with van der Waals surface area (Å²) in [5.41, 5.74) is 9.93. The lowest BCUT2D eigenvalue weighted by atomic mass is 9.92. The van der Waals surface area contributed by atoms with Gasteiger partial charge in [-0.15, -0.1) is 0 Å². The molecule has 3 heteroatoms.